The molecule has 2 amide bonds. The van der Waals surface area contributed by atoms with Crippen LogP contribution in [0.4, 0.5) is 0 Å². The SMILES string of the molecule is O=C(N[C@H]1CN2CCC1CC2)c1cc2sc(C(=O)N3CCOCC3)cc2cn1. The zero-order valence-corrected chi connectivity index (χ0v) is 16.5. The fourth-order valence-corrected chi connectivity index (χ4v) is 5.50. The van der Waals surface area contributed by atoms with E-state index in [1.165, 1.54) is 11.3 Å². The maximum absolute atomic E-state index is 12.7. The number of rotatable bonds is 3. The first-order valence-corrected chi connectivity index (χ1v) is 10.8. The second kappa shape index (κ2) is 7.42. The lowest BCUT2D eigenvalue weighted by atomic mass is 9.84. The lowest BCUT2D eigenvalue weighted by molar-refractivity contribution is 0.0306. The molecule has 4 fully saturated rings. The zero-order valence-electron chi connectivity index (χ0n) is 15.7. The third kappa shape index (κ3) is 3.40. The first kappa shape index (κ1) is 18.0. The Kier molecular flexibility index (Phi) is 4.78. The molecule has 148 valence electrons. The topological polar surface area (TPSA) is 74.8 Å². The molecule has 0 spiro atoms. The van der Waals surface area contributed by atoms with Crippen molar-refractivity contribution in [3.8, 4) is 0 Å². The van der Waals surface area contributed by atoms with Crippen LogP contribution in [0.25, 0.3) is 10.1 Å². The predicted octanol–water partition coefficient (Wildman–Crippen LogP) is 1.59. The van der Waals surface area contributed by atoms with Gasteiger partial charge in [-0.1, -0.05) is 0 Å². The van der Waals surface area contributed by atoms with Crippen molar-refractivity contribution in [2.75, 3.05) is 45.9 Å². The highest BCUT2D eigenvalue weighted by Gasteiger charge is 2.35. The van der Waals surface area contributed by atoms with Gasteiger partial charge in [-0.3, -0.25) is 14.6 Å². The number of aromatic nitrogens is 1. The van der Waals surface area contributed by atoms with Crippen LogP contribution < -0.4 is 5.32 Å². The lowest BCUT2D eigenvalue weighted by Crippen LogP contribution is -2.57. The Morgan fingerprint density at radius 3 is 2.64 bits per heavy atom. The van der Waals surface area contributed by atoms with E-state index in [0.29, 0.717) is 42.8 Å². The minimum atomic E-state index is -0.116. The summed E-state index contributed by atoms with van der Waals surface area (Å²) in [6.45, 7) is 5.66. The molecular formula is C20H24N4O3S. The van der Waals surface area contributed by atoms with Crippen molar-refractivity contribution in [2.45, 2.75) is 18.9 Å². The Hall–Kier alpha value is -2.03. The zero-order chi connectivity index (χ0) is 19.1. The van der Waals surface area contributed by atoms with E-state index >= 15 is 0 Å². The minimum Gasteiger partial charge on any atom is -0.378 e. The van der Waals surface area contributed by atoms with Crippen LogP contribution in [-0.2, 0) is 4.74 Å². The smallest absolute Gasteiger partial charge is 0.270 e. The number of ether oxygens (including phenoxy) is 1. The van der Waals surface area contributed by atoms with Crippen molar-refractivity contribution in [1.29, 1.82) is 0 Å². The molecular weight excluding hydrogens is 376 g/mol. The number of pyridine rings is 1. The van der Waals surface area contributed by atoms with Crippen LogP contribution in [0, 0.1) is 5.92 Å². The van der Waals surface area contributed by atoms with Crippen molar-refractivity contribution < 1.29 is 14.3 Å². The van der Waals surface area contributed by atoms with Crippen molar-refractivity contribution in [2.24, 2.45) is 5.92 Å². The summed E-state index contributed by atoms with van der Waals surface area (Å²) in [6, 6.07) is 3.90. The Balaban J connectivity index is 1.32. The van der Waals surface area contributed by atoms with Gasteiger partial charge in [0, 0.05) is 42.0 Å². The molecule has 4 aliphatic heterocycles. The maximum atomic E-state index is 12.7. The molecule has 0 saturated carbocycles. The summed E-state index contributed by atoms with van der Waals surface area (Å²) >= 11 is 1.43. The molecule has 6 heterocycles. The van der Waals surface area contributed by atoms with E-state index in [4.69, 9.17) is 4.74 Å². The largest absolute Gasteiger partial charge is 0.378 e. The van der Waals surface area contributed by atoms with Crippen LogP contribution in [0.15, 0.2) is 18.3 Å². The number of piperidine rings is 3. The maximum Gasteiger partial charge on any atom is 0.270 e. The highest BCUT2D eigenvalue weighted by atomic mass is 32.1. The summed E-state index contributed by atoms with van der Waals surface area (Å²) in [5, 5.41) is 4.09. The van der Waals surface area contributed by atoms with Gasteiger partial charge >= 0.3 is 0 Å². The van der Waals surface area contributed by atoms with Crippen molar-refractivity contribution in [1.82, 2.24) is 20.1 Å². The molecule has 1 atom stereocenters. The highest BCUT2D eigenvalue weighted by Crippen LogP contribution is 2.29. The van der Waals surface area contributed by atoms with Gasteiger partial charge in [-0.05, 0) is 44.0 Å². The summed E-state index contributed by atoms with van der Waals surface area (Å²) in [5.41, 5.74) is 0.427. The number of fused-ring (bicyclic) bond motifs is 4. The van der Waals surface area contributed by atoms with Crippen LogP contribution in [0.2, 0.25) is 0 Å². The van der Waals surface area contributed by atoms with Gasteiger partial charge in [0.1, 0.15) is 5.69 Å². The molecule has 2 aromatic rings. The highest BCUT2D eigenvalue weighted by molar-refractivity contribution is 7.20. The van der Waals surface area contributed by atoms with Crippen LogP contribution >= 0.6 is 11.3 Å². The molecule has 4 aliphatic rings. The summed E-state index contributed by atoms with van der Waals surface area (Å²) in [7, 11) is 0. The number of carbonyl (C=O) groups excluding carboxylic acids is 2. The Labute approximate surface area is 167 Å². The van der Waals surface area contributed by atoms with E-state index in [-0.39, 0.29) is 17.9 Å². The van der Waals surface area contributed by atoms with Gasteiger partial charge in [0.2, 0.25) is 0 Å². The quantitative estimate of drug-likeness (QED) is 0.847. The van der Waals surface area contributed by atoms with Crippen molar-refractivity contribution >= 4 is 33.2 Å². The number of thiophene rings is 1. The average Bonchev–Trinajstić information content (AvgIpc) is 3.18. The summed E-state index contributed by atoms with van der Waals surface area (Å²) < 4.78 is 6.24. The average molecular weight is 401 g/mol. The van der Waals surface area contributed by atoms with E-state index in [2.05, 4.69) is 15.2 Å². The van der Waals surface area contributed by atoms with E-state index in [9.17, 15) is 9.59 Å². The third-order valence-electron chi connectivity index (χ3n) is 6.12. The third-order valence-corrected chi connectivity index (χ3v) is 7.20. The molecule has 2 bridgehead atoms. The van der Waals surface area contributed by atoms with Gasteiger partial charge in [0.05, 0.1) is 18.1 Å². The molecule has 0 unspecified atom stereocenters. The van der Waals surface area contributed by atoms with E-state index in [0.717, 1.165) is 42.6 Å². The fraction of sp³-hybridized carbons (Fsp3) is 0.550. The van der Waals surface area contributed by atoms with E-state index in [1.54, 1.807) is 6.20 Å². The normalized spacial score (nSPS) is 27.1. The molecule has 0 radical (unpaired) electrons. The first-order chi connectivity index (χ1) is 13.7. The fourth-order valence-electron chi connectivity index (χ4n) is 4.46. The monoisotopic (exact) mass is 400 g/mol. The molecule has 2 aromatic heterocycles. The Bertz CT molecular complexity index is 900. The Morgan fingerprint density at radius 2 is 1.93 bits per heavy atom. The number of carbonyl (C=O) groups is 2. The van der Waals surface area contributed by atoms with E-state index in [1.807, 2.05) is 17.0 Å². The summed E-state index contributed by atoms with van der Waals surface area (Å²) in [5.74, 6) is 0.495. The molecule has 1 N–H and O–H groups in total. The number of nitrogens with zero attached hydrogens (tertiary/aromatic N) is 3. The molecule has 0 aliphatic carbocycles. The van der Waals surface area contributed by atoms with Crippen LogP contribution in [0.1, 0.15) is 33.0 Å². The molecule has 28 heavy (non-hydrogen) atoms. The number of nitrogens with one attached hydrogen (secondary N) is 1. The number of morpholine rings is 1. The molecule has 6 rings (SSSR count). The predicted molar refractivity (Wildman–Crippen MR) is 107 cm³/mol. The van der Waals surface area contributed by atoms with Gasteiger partial charge in [0.15, 0.2) is 0 Å². The molecule has 7 nitrogen and oxygen atoms in total. The molecule has 8 heteroatoms. The van der Waals surface area contributed by atoms with Gasteiger partial charge in [-0.25, -0.2) is 0 Å². The number of hydrogen-bond donors (Lipinski definition) is 1. The molecule has 4 saturated heterocycles. The Morgan fingerprint density at radius 1 is 1.14 bits per heavy atom. The van der Waals surface area contributed by atoms with Gasteiger partial charge in [-0.2, -0.15) is 0 Å². The van der Waals surface area contributed by atoms with Gasteiger partial charge < -0.3 is 19.9 Å². The number of amides is 2. The summed E-state index contributed by atoms with van der Waals surface area (Å²) in [6.07, 6.45) is 4.03. The second-order valence-corrected chi connectivity index (χ2v) is 8.92. The van der Waals surface area contributed by atoms with Gasteiger partial charge in [0.25, 0.3) is 11.8 Å². The van der Waals surface area contributed by atoms with Crippen LogP contribution in [-0.4, -0.2) is 78.6 Å². The van der Waals surface area contributed by atoms with Gasteiger partial charge in [-0.15, -0.1) is 11.3 Å². The van der Waals surface area contributed by atoms with Crippen molar-refractivity contribution in [3.05, 3.63) is 28.9 Å². The lowest BCUT2D eigenvalue weighted by Gasteiger charge is -2.44. The summed E-state index contributed by atoms with van der Waals surface area (Å²) in [4.78, 5) is 34.7. The number of hydrogen-bond acceptors (Lipinski definition) is 6. The minimum absolute atomic E-state index is 0.0304. The first-order valence-electron chi connectivity index (χ1n) is 9.97. The molecule has 0 aromatic carbocycles. The van der Waals surface area contributed by atoms with E-state index < -0.39 is 0 Å². The van der Waals surface area contributed by atoms with Crippen LogP contribution in [0.3, 0.4) is 0 Å². The standard InChI is InChI=1S/C20H24N4O3S/c25-19(22-16-12-23-3-1-13(16)2-4-23)15-10-17-14(11-21-15)9-18(28-17)20(26)24-5-7-27-8-6-24/h9-11,13,16H,1-8,12H2,(H,22,25)/t16-/m0/s1. The van der Waals surface area contributed by atoms with Crippen molar-refractivity contribution in [3.63, 3.8) is 0 Å². The van der Waals surface area contributed by atoms with Crippen LogP contribution in [0.5, 0.6) is 0 Å². The second-order valence-electron chi connectivity index (χ2n) is 7.84.